The van der Waals surface area contributed by atoms with Crippen molar-refractivity contribution in [1.29, 1.82) is 0 Å². The van der Waals surface area contributed by atoms with Gasteiger partial charge in [0.15, 0.2) is 0 Å². The van der Waals surface area contributed by atoms with Gasteiger partial charge in [0, 0.05) is 5.69 Å². The molecule has 1 atom stereocenters. The van der Waals surface area contributed by atoms with Gasteiger partial charge in [-0.1, -0.05) is 12.1 Å². The average molecular weight is 358 g/mol. The van der Waals surface area contributed by atoms with Crippen molar-refractivity contribution in [2.45, 2.75) is 32.4 Å². The fraction of sp³-hybridized carbons (Fsp3) is 0.500. The molecule has 26 heavy (non-hydrogen) atoms. The lowest BCUT2D eigenvalue weighted by atomic mass is 9.91. The molecular formula is C18H26N6O2. The number of aliphatic hydroxyl groups is 2. The predicted molar refractivity (Wildman–Crippen MR) is 99.8 cm³/mol. The third kappa shape index (κ3) is 4.87. The van der Waals surface area contributed by atoms with Crippen LogP contribution in [0.5, 0.6) is 0 Å². The van der Waals surface area contributed by atoms with Crippen LogP contribution in [0, 0.1) is 12.8 Å². The van der Waals surface area contributed by atoms with Gasteiger partial charge >= 0.3 is 0 Å². The zero-order valence-corrected chi connectivity index (χ0v) is 15.0. The Bertz CT molecular complexity index is 733. The highest BCUT2D eigenvalue weighted by molar-refractivity contribution is 5.54. The van der Waals surface area contributed by atoms with Crippen LogP contribution >= 0.6 is 0 Å². The van der Waals surface area contributed by atoms with E-state index in [0.717, 1.165) is 37.2 Å². The lowest BCUT2D eigenvalue weighted by Crippen LogP contribution is -2.38. The molecule has 5 N–H and O–H groups in total. The van der Waals surface area contributed by atoms with E-state index in [-0.39, 0.29) is 18.5 Å². The highest BCUT2D eigenvalue weighted by Crippen LogP contribution is 2.22. The second-order valence-corrected chi connectivity index (χ2v) is 6.79. The number of hydrogen-bond donors (Lipinski definition) is 4. The zero-order chi connectivity index (χ0) is 18.5. The molecule has 0 bridgehead atoms. The summed E-state index contributed by atoms with van der Waals surface area (Å²) < 4.78 is 0. The molecule has 8 nitrogen and oxygen atoms in total. The number of anilines is 3. The van der Waals surface area contributed by atoms with Crippen LogP contribution in [0.1, 0.15) is 24.2 Å². The molecule has 1 fully saturated rings. The molecule has 1 aromatic carbocycles. The van der Waals surface area contributed by atoms with E-state index in [2.05, 4.69) is 25.2 Å². The Balaban J connectivity index is 1.63. The predicted octanol–water partition coefficient (Wildman–Crippen LogP) is 1.07. The summed E-state index contributed by atoms with van der Waals surface area (Å²) in [6, 6.07) is 7.95. The third-order valence-electron chi connectivity index (χ3n) is 4.70. The maximum absolute atomic E-state index is 9.76. The lowest BCUT2D eigenvalue weighted by molar-refractivity contribution is 0.0168. The van der Waals surface area contributed by atoms with E-state index in [1.165, 1.54) is 0 Å². The molecule has 8 heteroatoms. The summed E-state index contributed by atoms with van der Waals surface area (Å²) in [7, 11) is 0. The molecular weight excluding hydrogens is 332 g/mol. The van der Waals surface area contributed by atoms with Crippen molar-refractivity contribution < 1.29 is 10.2 Å². The topological polar surface area (TPSA) is 120 Å². The number of nitrogens with zero attached hydrogens (tertiary/aromatic N) is 4. The number of aromatic nitrogens is 3. The minimum Gasteiger partial charge on any atom is -0.394 e. The Hall–Kier alpha value is -2.29. The number of nitrogens with one attached hydrogen (secondary N) is 1. The monoisotopic (exact) mass is 358 g/mol. The quantitative estimate of drug-likeness (QED) is 0.605. The van der Waals surface area contributed by atoms with E-state index < -0.39 is 6.10 Å². The number of likely N-dealkylation sites (tertiary alicyclic amines) is 1. The molecule has 1 saturated heterocycles. The first-order chi connectivity index (χ1) is 12.5. The maximum Gasteiger partial charge on any atom is 0.232 e. The minimum atomic E-state index is -0.630. The van der Waals surface area contributed by atoms with Gasteiger partial charge in [-0.05, 0) is 56.5 Å². The van der Waals surface area contributed by atoms with E-state index in [4.69, 9.17) is 10.8 Å². The fourth-order valence-electron chi connectivity index (χ4n) is 3.26. The molecule has 1 unspecified atom stereocenters. The molecule has 0 spiro atoms. The average Bonchev–Trinajstić information content (AvgIpc) is 2.61. The summed E-state index contributed by atoms with van der Waals surface area (Å²) in [6.45, 7) is 4.08. The smallest absolute Gasteiger partial charge is 0.232 e. The number of aliphatic hydroxyl groups excluding tert-OH is 2. The van der Waals surface area contributed by atoms with Crippen molar-refractivity contribution in [3.05, 3.63) is 35.7 Å². The fourth-order valence-corrected chi connectivity index (χ4v) is 3.26. The first-order valence-electron chi connectivity index (χ1n) is 8.89. The number of piperidine rings is 1. The summed E-state index contributed by atoms with van der Waals surface area (Å²) in [6.07, 6.45) is 1.06. The molecule has 1 aromatic heterocycles. The lowest BCUT2D eigenvalue weighted by Gasteiger charge is -2.33. The van der Waals surface area contributed by atoms with Gasteiger partial charge < -0.3 is 21.3 Å². The molecule has 1 aliphatic rings. The first kappa shape index (κ1) is 18.5. The number of nitrogen functional groups attached to an aromatic ring is 1. The first-order valence-corrected chi connectivity index (χ1v) is 8.89. The molecule has 0 saturated carbocycles. The van der Waals surface area contributed by atoms with Crippen molar-refractivity contribution in [2.75, 3.05) is 30.7 Å². The maximum atomic E-state index is 9.76. The van der Waals surface area contributed by atoms with Crippen LogP contribution in [0.3, 0.4) is 0 Å². The molecule has 0 radical (unpaired) electrons. The van der Waals surface area contributed by atoms with Crippen molar-refractivity contribution in [3.8, 4) is 0 Å². The number of benzene rings is 1. The van der Waals surface area contributed by atoms with Crippen molar-refractivity contribution >= 4 is 17.6 Å². The van der Waals surface area contributed by atoms with Crippen LogP contribution in [-0.2, 0) is 6.54 Å². The standard InChI is InChI=1S/C18H26N6O2/c1-12-3-2-4-14(9-12)20-18-22-16(21-17(19)23-18)10-24-7-5-13(6-8-24)15(26)11-25/h2-4,9,13,15,25-26H,5-8,10-11H2,1H3,(H3,19,20,21,22,23). The van der Waals surface area contributed by atoms with Gasteiger partial charge in [-0.2, -0.15) is 15.0 Å². The SMILES string of the molecule is Cc1cccc(Nc2nc(N)nc(CN3CCC(C(O)CO)CC3)n2)c1. The van der Waals surface area contributed by atoms with Crippen LogP contribution in [-0.4, -0.2) is 55.9 Å². The Labute approximate surface area is 153 Å². The zero-order valence-electron chi connectivity index (χ0n) is 15.0. The van der Waals surface area contributed by atoms with Crippen LogP contribution < -0.4 is 11.1 Å². The van der Waals surface area contributed by atoms with Crippen LogP contribution in [0.4, 0.5) is 17.6 Å². The Morgan fingerprint density at radius 1 is 1.27 bits per heavy atom. The van der Waals surface area contributed by atoms with Crippen molar-refractivity contribution in [3.63, 3.8) is 0 Å². The summed E-state index contributed by atoms with van der Waals surface area (Å²) in [5.41, 5.74) is 7.89. The Morgan fingerprint density at radius 2 is 2.04 bits per heavy atom. The van der Waals surface area contributed by atoms with Gasteiger partial charge in [0.1, 0.15) is 5.82 Å². The summed E-state index contributed by atoms with van der Waals surface area (Å²) in [4.78, 5) is 15.1. The van der Waals surface area contributed by atoms with E-state index in [9.17, 15) is 5.11 Å². The van der Waals surface area contributed by atoms with Crippen molar-refractivity contribution in [2.24, 2.45) is 5.92 Å². The second-order valence-electron chi connectivity index (χ2n) is 6.79. The number of hydrogen-bond acceptors (Lipinski definition) is 8. The number of nitrogens with two attached hydrogens (primary N) is 1. The molecule has 2 heterocycles. The van der Waals surface area contributed by atoms with Crippen LogP contribution in [0.15, 0.2) is 24.3 Å². The Kier molecular flexibility index (Phi) is 5.97. The molecule has 2 aromatic rings. The molecule has 1 aliphatic heterocycles. The summed E-state index contributed by atoms with van der Waals surface area (Å²) in [5.74, 6) is 1.39. The molecule has 140 valence electrons. The molecule has 0 aliphatic carbocycles. The van der Waals surface area contributed by atoms with E-state index in [1.807, 2.05) is 31.2 Å². The van der Waals surface area contributed by atoms with Gasteiger partial charge in [0.25, 0.3) is 0 Å². The van der Waals surface area contributed by atoms with Crippen LogP contribution in [0.25, 0.3) is 0 Å². The third-order valence-corrected chi connectivity index (χ3v) is 4.70. The van der Waals surface area contributed by atoms with E-state index in [1.54, 1.807) is 0 Å². The van der Waals surface area contributed by atoms with Gasteiger partial charge in [0.05, 0.1) is 19.3 Å². The van der Waals surface area contributed by atoms with Gasteiger partial charge in [-0.25, -0.2) is 0 Å². The van der Waals surface area contributed by atoms with Gasteiger partial charge in [-0.15, -0.1) is 0 Å². The summed E-state index contributed by atoms with van der Waals surface area (Å²) in [5, 5.41) is 22.0. The van der Waals surface area contributed by atoms with Crippen LogP contribution in [0.2, 0.25) is 0 Å². The van der Waals surface area contributed by atoms with E-state index in [0.29, 0.717) is 18.3 Å². The number of aryl methyl sites for hydroxylation is 1. The van der Waals surface area contributed by atoms with Gasteiger partial charge in [-0.3, -0.25) is 4.90 Å². The normalized spacial score (nSPS) is 17.2. The number of rotatable bonds is 6. The van der Waals surface area contributed by atoms with E-state index >= 15 is 0 Å². The highest BCUT2D eigenvalue weighted by Gasteiger charge is 2.25. The highest BCUT2D eigenvalue weighted by atomic mass is 16.3. The summed E-state index contributed by atoms with van der Waals surface area (Å²) >= 11 is 0. The second kappa shape index (κ2) is 8.39. The molecule has 3 rings (SSSR count). The molecule has 0 amide bonds. The largest absolute Gasteiger partial charge is 0.394 e. The van der Waals surface area contributed by atoms with Crippen molar-refractivity contribution in [1.82, 2.24) is 19.9 Å². The van der Waals surface area contributed by atoms with Gasteiger partial charge in [0.2, 0.25) is 11.9 Å². The minimum absolute atomic E-state index is 0.151. The Morgan fingerprint density at radius 3 is 2.73 bits per heavy atom.